The molecular formula is C24H33N. The van der Waals surface area contributed by atoms with Gasteiger partial charge in [-0.1, -0.05) is 38.0 Å². The summed E-state index contributed by atoms with van der Waals surface area (Å²) >= 11 is 0. The van der Waals surface area contributed by atoms with Gasteiger partial charge < -0.3 is 0 Å². The molecule has 1 aromatic rings. The van der Waals surface area contributed by atoms with Crippen LogP contribution in [0.15, 0.2) is 36.0 Å². The van der Waals surface area contributed by atoms with Gasteiger partial charge in [0.25, 0.3) is 0 Å². The third-order valence-electron chi connectivity index (χ3n) is 9.06. The summed E-state index contributed by atoms with van der Waals surface area (Å²) in [4.78, 5) is 4.77. The van der Waals surface area contributed by atoms with Crippen molar-refractivity contribution < 1.29 is 0 Å². The Bertz CT molecular complexity index is 677. The zero-order chi connectivity index (χ0) is 17.1. The van der Waals surface area contributed by atoms with E-state index in [4.69, 9.17) is 4.98 Å². The lowest BCUT2D eigenvalue weighted by molar-refractivity contribution is -0.0311. The Balaban J connectivity index is 1.48. The van der Waals surface area contributed by atoms with Crippen LogP contribution in [0.2, 0.25) is 0 Å². The molecule has 0 N–H and O–H groups in total. The zero-order valence-electron chi connectivity index (χ0n) is 16.0. The second-order valence-electron chi connectivity index (χ2n) is 9.90. The molecule has 25 heavy (non-hydrogen) atoms. The van der Waals surface area contributed by atoms with Crippen LogP contribution in [-0.4, -0.2) is 4.98 Å². The molecule has 1 heteroatoms. The molecule has 1 heterocycles. The lowest BCUT2D eigenvalue weighted by Gasteiger charge is -2.57. The predicted octanol–water partition coefficient (Wildman–Crippen LogP) is 6.52. The van der Waals surface area contributed by atoms with Gasteiger partial charge in [-0.25, -0.2) is 0 Å². The molecular weight excluding hydrogens is 302 g/mol. The van der Waals surface area contributed by atoms with Crippen molar-refractivity contribution in [2.75, 3.05) is 0 Å². The van der Waals surface area contributed by atoms with Crippen molar-refractivity contribution in [2.24, 2.45) is 28.6 Å². The summed E-state index contributed by atoms with van der Waals surface area (Å²) in [5, 5.41) is 0. The number of aromatic nitrogens is 1. The lowest BCUT2D eigenvalue weighted by atomic mass is 9.47. The highest BCUT2D eigenvalue weighted by Crippen LogP contribution is 2.67. The second-order valence-corrected chi connectivity index (χ2v) is 9.90. The molecule has 1 nitrogen and oxygen atoms in total. The Morgan fingerprint density at radius 1 is 1.00 bits per heavy atom. The summed E-state index contributed by atoms with van der Waals surface area (Å²) in [5.41, 5.74) is 4.21. The fourth-order valence-corrected chi connectivity index (χ4v) is 7.77. The van der Waals surface area contributed by atoms with Crippen LogP contribution in [0.4, 0.5) is 0 Å². The molecule has 0 spiro atoms. The Morgan fingerprint density at radius 3 is 2.76 bits per heavy atom. The first-order valence-corrected chi connectivity index (χ1v) is 10.7. The van der Waals surface area contributed by atoms with Crippen LogP contribution in [0.5, 0.6) is 0 Å². The van der Waals surface area contributed by atoms with Gasteiger partial charge in [0.2, 0.25) is 0 Å². The lowest BCUT2D eigenvalue weighted by Crippen LogP contribution is -2.49. The first kappa shape index (κ1) is 16.1. The molecule has 4 aliphatic carbocycles. The number of nitrogens with zero attached hydrogens (tertiary/aromatic N) is 1. The van der Waals surface area contributed by atoms with Crippen LogP contribution in [0.1, 0.15) is 83.2 Å². The first-order chi connectivity index (χ1) is 12.1. The average Bonchev–Trinajstić information content (AvgIpc) is 2.99. The molecule has 0 aliphatic heterocycles. The molecule has 1 aromatic heterocycles. The largest absolute Gasteiger partial charge is 0.261 e. The van der Waals surface area contributed by atoms with Gasteiger partial charge in [-0.2, -0.15) is 0 Å². The molecule has 0 saturated heterocycles. The summed E-state index contributed by atoms with van der Waals surface area (Å²) in [7, 11) is 0. The van der Waals surface area contributed by atoms with Crippen molar-refractivity contribution in [3.63, 3.8) is 0 Å². The van der Waals surface area contributed by atoms with Gasteiger partial charge in [-0.05, 0) is 92.1 Å². The highest BCUT2D eigenvalue weighted by Gasteiger charge is 2.58. The zero-order valence-corrected chi connectivity index (χ0v) is 16.0. The van der Waals surface area contributed by atoms with E-state index in [9.17, 15) is 0 Å². The summed E-state index contributed by atoms with van der Waals surface area (Å²) in [6, 6.07) is 6.53. The van der Waals surface area contributed by atoms with E-state index in [2.05, 4.69) is 38.1 Å². The molecule has 4 aliphatic rings. The number of fused-ring (bicyclic) bond motifs is 5. The van der Waals surface area contributed by atoms with Gasteiger partial charge in [-0.15, -0.1) is 0 Å². The van der Waals surface area contributed by atoms with Crippen LogP contribution in [0.25, 0.3) is 0 Å². The third kappa shape index (κ3) is 2.23. The minimum Gasteiger partial charge on any atom is -0.261 e. The third-order valence-corrected chi connectivity index (χ3v) is 9.06. The maximum absolute atomic E-state index is 4.77. The van der Waals surface area contributed by atoms with Crippen molar-refractivity contribution in [3.05, 3.63) is 41.7 Å². The summed E-state index contributed by atoms with van der Waals surface area (Å²) in [6.45, 7) is 5.24. The maximum atomic E-state index is 4.77. The normalized spacial score (nSPS) is 45.9. The molecule has 5 rings (SSSR count). The summed E-state index contributed by atoms with van der Waals surface area (Å²) in [6.07, 6.45) is 17.4. The van der Waals surface area contributed by atoms with E-state index in [1.54, 1.807) is 0 Å². The molecule has 0 amide bonds. The standard InChI is InChI=1S/C24H33N/c1-23-14-5-3-7-17(23)9-10-18-19-11-12-21(22-8-4-6-16-25-22)24(19,2)15-13-20(18)23/h4,6,8-9,16,18-21H,3,5,7,10-15H2,1-2H3/t18-,19+,20-,21+,23-,24-/m0/s1. The highest BCUT2D eigenvalue weighted by molar-refractivity contribution is 5.26. The van der Waals surface area contributed by atoms with E-state index in [-0.39, 0.29) is 0 Å². The molecule has 134 valence electrons. The quantitative estimate of drug-likeness (QED) is 0.532. The van der Waals surface area contributed by atoms with Crippen LogP contribution in [0.3, 0.4) is 0 Å². The van der Waals surface area contributed by atoms with Gasteiger partial charge in [0, 0.05) is 17.8 Å². The Hall–Kier alpha value is -1.11. The highest BCUT2D eigenvalue weighted by atomic mass is 14.7. The molecule has 3 fully saturated rings. The average molecular weight is 336 g/mol. The number of pyridine rings is 1. The van der Waals surface area contributed by atoms with Crippen LogP contribution >= 0.6 is 0 Å². The molecule has 0 unspecified atom stereocenters. The van der Waals surface area contributed by atoms with Crippen molar-refractivity contribution in [2.45, 2.75) is 77.6 Å². The van der Waals surface area contributed by atoms with Gasteiger partial charge in [0.05, 0.1) is 0 Å². The van der Waals surface area contributed by atoms with E-state index in [0.717, 1.165) is 17.8 Å². The smallest absolute Gasteiger partial charge is 0.0440 e. The fourth-order valence-electron chi connectivity index (χ4n) is 7.77. The summed E-state index contributed by atoms with van der Waals surface area (Å²) < 4.78 is 0. The van der Waals surface area contributed by atoms with Crippen LogP contribution in [0, 0.1) is 28.6 Å². The maximum Gasteiger partial charge on any atom is 0.0440 e. The van der Waals surface area contributed by atoms with E-state index < -0.39 is 0 Å². The van der Waals surface area contributed by atoms with Crippen LogP contribution in [-0.2, 0) is 0 Å². The Kier molecular flexibility index (Phi) is 3.67. The molecule has 0 bridgehead atoms. The van der Waals surface area contributed by atoms with Crippen molar-refractivity contribution in [3.8, 4) is 0 Å². The fraction of sp³-hybridized carbons (Fsp3) is 0.708. The van der Waals surface area contributed by atoms with Crippen molar-refractivity contribution >= 4 is 0 Å². The number of rotatable bonds is 1. The van der Waals surface area contributed by atoms with Crippen molar-refractivity contribution in [1.29, 1.82) is 0 Å². The van der Waals surface area contributed by atoms with E-state index in [0.29, 0.717) is 16.7 Å². The van der Waals surface area contributed by atoms with E-state index in [1.165, 1.54) is 63.5 Å². The first-order valence-electron chi connectivity index (χ1n) is 10.7. The predicted molar refractivity (Wildman–Crippen MR) is 103 cm³/mol. The van der Waals surface area contributed by atoms with Crippen molar-refractivity contribution in [1.82, 2.24) is 4.98 Å². The van der Waals surface area contributed by atoms with Crippen LogP contribution < -0.4 is 0 Å². The minimum atomic E-state index is 0.478. The van der Waals surface area contributed by atoms with E-state index in [1.807, 2.05) is 11.8 Å². The second kappa shape index (κ2) is 5.69. The summed E-state index contributed by atoms with van der Waals surface area (Å²) in [5.74, 6) is 3.48. The Labute approximate surface area is 153 Å². The van der Waals surface area contributed by atoms with E-state index >= 15 is 0 Å². The SMILES string of the molecule is C[C@]12CC[C@H]3[C@@H](CC=C4CCCC[C@@]43C)[C@H]1CC[C@@H]2c1ccccn1. The minimum absolute atomic E-state index is 0.478. The van der Waals surface area contributed by atoms with Gasteiger partial charge >= 0.3 is 0 Å². The molecule has 6 atom stereocenters. The Morgan fingerprint density at radius 2 is 1.92 bits per heavy atom. The number of hydrogen-bond acceptors (Lipinski definition) is 1. The van der Waals surface area contributed by atoms with Gasteiger partial charge in [0.15, 0.2) is 0 Å². The molecule has 0 radical (unpaired) electrons. The number of allylic oxidation sites excluding steroid dienone is 2. The number of hydrogen-bond donors (Lipinski definition) is 0. The molecule has 3 saturated carbocycles. The van der Waals surface area contributed by atoms with Gasteiger partial charge in [-0.3, -0.25) is 4.98 Å². The van der Waals surface area contributed by atoms with Gasteiger partial charge in [0.1, 0.15) is 0 Å². The topological polar surface area (TPSA) is 12.9 Å². The monoisotopic (exact) mass is 335 g/mol. The molecule has 0 aromatic carbocycles.